The van der Waals surface area contributed by atoms with Gasteiger partial charge >= 0.3 is 0 Å². The third kappa shape index (κ3) is 9.37. The van der Waals surface area contributed by atoms with Crippen molar-refractivity contribution in [1.82, 2.24) is 0 Å². The lowest BCUT2D eigenvalue weighted by molar-refractivity contribution is 0.449. The van der Waals surface area contributed by atoms with Crippen LogP contribution in [0.15, 0.2) is 97.1 Å². The second kappa shape index (κ2) is 19.3. The summed E-state index contributed by atoms with van der Waals surface area (Å²) in [5, 5.41) is 5.57. The van der Waals surface area contributed by atoms with E-state index < -0.39 is 0 Å². The van der Waals surface area contributed by atoms with Crippen molar-refractivity contribution >= 4 is 21.5 Å². The fourth-order valence-corrected chi connectivity index (χ4v) is 11.1. The topological polar surface area (TPSA) is 0 Å². The summed E-state index contributed by atoms with van der Waals surface area (Å²) in [5.74, 6) is 0.729. The normalized spacial score (nSPS) is 15.7. The van der Waals surface area contributed by atoms with E-state index in [9.17, 15) is 0 Å². The molecule has 328 valence electrons. The van der Waals surface area contributed by atoms with Crippen molar-refractivity contribution in [2.45, 2.75) is 189 Å². The van der Waals surface area contributed by atoms with Crippen molar-refractivity contribution in [1.29, 1.82) is 0 Å². The molecule has 6 aromatic rings. The second-order valence-corrected chi connectivity index (χ2v) is 21.6. The van der Waals surface area contributed by atoms with E-state index in [1.54, 1.807) is 0 Å². The first-order chi connectivity index (χ1) is 29.7. The van der Waals surface area contributed by atoms with Gasteiger partial charge in [0, 0.05) is 5.41 Å². The predicted molar refractivity (Wildman–Crippen MR) is 274 cm³/mol. The lowest BCUT2D eigenvalue weighted by Crippen LogP contribution is -2.24. The summed E-state index contributed by atoms with van der Waals surface area (Å²) in [6, 6.07) is 39.7. The highest BCUT2D eigenvalue weighted by molar-refractivity contribution is 6.16. The number of hydrogen-bond donors (Lipinski definition) is 0. The SMILES string of the molecule is CCCCCCc1cc(CCCCCC)cc(C2(C)c3cc(-c4c5ccccc5c(C(C)(C)C)c5cc(CC(CC)CCCC)ccc45)ccc3-c3ccc(C(C)(C)C)cc32)c1. The van der Waals surface area contributed by atoms with Crippen LogP contribution in [0.4, 0.5) is 0 Å². The maximum Gasteiger partial charge on any atom is 0.0436 e. The average Bonchev–Trinajstić information content (AvgIpc) is 3.51. The molecule has 1 aliphatic carbocycles. The molecule has 0 aliphatic heterocycles. The molecule has 0 nitrogen and oxygen atoms in total. The minimum atomic E-state index is -0.294. The number of hydrogen-bond acceptors (Lipinski definition) is 0. The second-order valence-electron chi connectivity index (χ2n) is 21.6. The molecule has 0 N–H and O–H groups in total. The molecular weight excluding hydrogens is 745 g/mol. The van der Waals surface area contributed by atoms with Gasteiger partial charge in [0.25, 0.3) is 0 Å². The monoisotopic (exact) mass is 825 g/mol. The number of fused-ring (bicyclic) bond motifs is 5. The molecule has 0 amide bonds. The van der Waals surface area contributed by atoms with Crippen molar-refractivity contribution in [2.75, 3.05) is 0 Å². The molecular formula is C62H80. The van der Waals surface area contributed by atoms with Crippen LogP contribution in [0.1, 0.15) is 198 Å². The van der Waals surface area contributed by atoms with Crippen molar-refractivity contribution in [3.8, 4) is 22.3 Å². The summed E-state index contributed by atoms with van der Waals surface area (Å²) in [6.07, 6.45) is 18.9. The van der Waals surface area contributed by atoms with E-state index in [1.807, 2.05) is 0 Å². The van der Waals surface area contributed by atoms with E-state index in [-0.39, 0.29) is 16.2 Å². The van der Waals surface area contributed by atoms with Crippen molar-refractivity contribution in [3.63, 3.8) is 0 Å². The van der Waals surface area contributed by atoms with Crippen LogP contribution < -0.4 is 0 Å². The zero-order valence-electron chi connectivity index (χ0n) is 40.9. The molecule has 0 saturated heterocycles. The Morgan fingerprint density at radius 1 is 0.500 bits per heavy atom. The van der Waals surface area contributed by atoms with E-state index >= 15 is 0 Å². The minimum Gasteiger partial charge on any atom is -0.0654 e. The van der Waals surface area contributed by atoms with Gasteiger partial charge in [0.2, 0.25) is 0 Å². The Labute approximate surface area is 378 Å². The Morgan fingerprint density at radius 3 is 1.69 bits per heavy atom. The highest BCUT2D eigenvalue weighted by atomic mass is 14.4. The largest absolute Gasteiger partial charge is 0.0654 e. The highest BCUT2D eigenvalue weighted by Gasteiger charge is 2.42. The third-order valence-electron chi connectivity index (χ3n) is 14.7. The first-order valence-electron chi connectivity index (χ1n) is 25.1. The van der Waals surface area contributed by atoms with Crippen LogP contribution in [-0.4, -0.2) is 0 Å². The molecule has 2 atom stereocenters. The van der Waals surface area contributed by atoms with Gasteiger partial charge in [-0.15, -0.1) is 0 Å². The summed E-state index contributed by atoms with van der Waals surface area (Å²) in [7, 11) is 0. The Morgan fingerprint density at radius 2 is 1.10 bits per heavy atom. The molecule has 6 aromatic carbocycles. The van der Waals surface area contributed by atoms with E-state index in [0.29, 0.717) is 0 Å². The molecule has 0 spiro atoms. The Hall–Kier alpha value is -4.16. The van der Waals surface area contributed by atoms with E-state index in [0.717, 1.165) is 25.2 Å². The summed E-state index contributed by atoms with van der Waals surface area (Å²) in [5.41, 5.74) is 17.1. The van der Waals surface area contributed by atoms with Crippen molar-refractivity contribution in [2.24, 2.45) is 5.92 Å². The van der Waals surface area contributed by atoms with Gasteiger partial charge in [0.1, 0.15) is 0 Å². The molecule has 0 radical (unpaired) electrons. The quantitative estimate of drug-likeness (QED) is 0.0598. The van der Waals surface area contributed by atoms with Crippen LogP contribution in [-0.2, 0) is 35.5 Å². The molecule has 0 heteroatoms. The maximum absolute atomic E-state index is 2.63. The van der Waals surface area contributed by atoms with Gasteiger partial charge in [-0.05, 0) is 150 Å². The van der Waals surface area contributed by atoms with Crippen LogP contribution in [0.2, 0.25) is 0 Å². The Bertz CT molecular complexity index is 2450. The van der Waals surface area contributed by atoms with Crippen molar-refractivity contribution < 1.29 is 0 Å². The van der Waals surface area contributed by atoms with Crippen LogP contribution in [0.3, 0.4) is 0 Å². The van der Waals surface area contributed by atoms with Gasteiger partial charge in [0.15, 0.2) is 0 Å². The molecule has 0 bridgehead atoms. The molecule has 0 fully saturated rings. The lowest BCUT2D eigenvalue weighted by atomic mass is 9.71. The number of unbranched alkanes of at least 4 members (excludes halogenated alkanes) is 7. The number of aryl methyl sites for hydroxylation is 2. The number of rotatable bonds is 18. The first kappa shape index (κ1) is 45.9. The first-order valence-corrected chi connectivity index (χ1v) is 25.1. The Kier molecular flexibility index (Phi) is 14.3. The minimum absolute atomic E-state index is 0.0138. The van der Waals surface area contributed by atoms with Crippen LogP contribution in [0.25, 0.3) is 43.8 Å². The van der Waals surface area contributed by atoms with Crippen molar-refractivity contribution in [3.05, 3.63) is 142 Å². The molecule has 62 heavy (non-hydrogen) atoms. The fourth-order valence-electron chi connectivity index (χ4n) is 11.1. The smallest absolute Gasteiger partial charge is 0.0436 e. The van der Waals surface area contributed by atoms with Gasteiger partial charge in [-0.25, -0.2) is 0 Å². The highest BCUT2D eigenvalue weighted by Crippen LogP contribution is 2.55. The molecule has 0 aromatic heterocycles. The van der Waals surface area contributed by atoms with E-state index in [1.165, 1.54) is 165 Å². The summed E-state index contributed by atoms with van der Waals surface area (Å²) in [6.45, 7) is 26.3. The van der Waals surface area contributed by atoms with Gasteiger partial charge in [-0.1, -0.05) is 224 Å². The number of benzene rings is 6. The van der Waals surface area contributed by atoms with Gasteiger partial charge in [-0.3, -0.25) is 0 Å². The summed E-state index contributed by atoms with van der Waals surface area (Å²) in [4.78, 5) is 0. The Balaban J connectivity index is 1.47. The molecule has 1 aliphatic rings. The summed E-state index contributed by atoms with van der Waals surface area (Å²) >= 11 is 0. The molecule has 7 rings (SSSR count). The molecule has 2 unspecified atom stereocenters. The van der Waals surface area contributed by atoms with Crippen LogP contribution in [0, 0.1) is 5.92 Å². The van der Waals surface area contributed by atoms with Crippen LogP contribution in [0.5, 0.6) is 0 Å². The average molecular weight is 825 g/mol. The predicted octanol–water partition coefficient (Wildman–Crippen LogP) is 18.6. The van der Waals surface area contributed by atoms with Gasteiger partial charge < -0.3 is 0 Å². The lowest BCUT2D eigenvalue weighted by Gasteiger charge is -2.31. The standard InChI is InChI=1S/C62H80/c1-12-16-19-21-26-44-37-45(27-22-20-17-13-2)39-49(38-44)62(11)56-41-47(31-34-50(56)51-35-32-48(42-57(51)62)60(5,6)7)58-52-28-23-24-29-54(52)59(61(8,9)10)55-40-46(30-33-53(55)58)36-43(15-4)25-18-14-3/h23-24,28-35,37-43H,12-22,25-27,36H2,1-11H3. The molecule has 0 saturated carbocycles. The third-order valence-corrected chi connectivity index (χ3v) is 14.7. The zero-order valence-corrected chi connectivity index (χ0v) is 40.9. The van der Waals surface area contributed by atoms with Gasteiger partial charge in [-0.2, -0.15) is 0 Å². The van der Waals surface area contributed by atoms with E-state index in [4.69, 9.17) is 0 Å². The van der Waals surface area contributed by atoms with Crippen LogP contribution >= 0.6 is 0 Å². The molecule has 0 heterocycles. The van der Waals surface area contributed by atoms with Gasteiger partial charge in [0.05, 0.1) is 0 Å². The summed E-state index contributed by atoms with van der Waals surface area (Å²) < 4.78 is 0. The fraction of sp³-hybridized carbons (Fsp3) is 0.484. The maximum atomic E-state index is 2.63. The zero-order chi connectivity index (χ0) is 44.2. The van der Waals surface area contributed by atoms with E-state index in [2.05, 4.69) is 173 Å².